The van der Waals surface area contributed by atoms with E-state index in [1.54, 1.807) is 7.11 Å². The molecule has 3 rings (SSSR count). The van der Waals surface area contributed by atoms with E-state index in [0.717, 1.165) is 39.6 Å². The molecule has 0 aliphatic rings. The Morgan fingerprint density at radius 3 is 2.54 bits per heavy atom. The van der Waals surface area contributed by atoms with Gasteiger partial charge in [0.25, 0.3) is 0 Å². The minimum absolute atomic E-state index is 0.181. The molecule has 0 saturated carbocycles. The number of aromatic nitrogens is 3. The Bertz CT molecular complexity index is 895. The number of Topliss-reactive ketones (excluding diaryl/α,β-unsaturated/α-hetero) is 1. The number of carbonyl (C=O) groups excluding carboxylic acids is 1. The summed E-state index contributed by atoms with van der Waals surface area (Å²) in [5.74, 6) is 0.972. The molecule has 2 aromatic heterocycles. The van der Waals surface area contributed by atoms with E-state index in [9.17, 15) is 4.79 Å². The van der Waals surface area contributed by atoms with Crippen molar-refractivity contribution in [2.45, 2.75) is 33.6 Å². The predicted octanol–water partition coefficient (Wildman–Crippen LogP) is 3.54. The molecule has 0 radical (unpaired) electrons. The first-order chi connectivity index (χ1) is 11.5. The van der Waals surface area contributed by atoms with E-state index in [-0.39, 0.29) is 5.78 Å². The van der Waals surface area contributed by atoms with Gasteiger partial charge in [0.2, 0.25) is 0 Å². The second-order valence-electron chi connectivity index (χ2n) is 5.90. The topological polar surface area (TPSA) is 56.5 Å². The van der Waals surface area contributed by atoms with Crippen LogP contribution in [0.2, 0.25) is 0 Å². The van der Waals surface area contributed by atoms with Gasteiger partial charge >= 0.3 is 0 Å². The third kappa shape index (κ3) is 2.89. The summed E-state index contributed by atoms with van der Waals surface area (Å²) in [6, 6.07) is 9.71. The Balaban J connectivity index is 2.22. The van der Waals surface area contributed by atoms with E-state index in [0.29, 0.717) is 12.8 Å². The Hall–Kier alpha value is -2.69. The zero-order valence-corrected chi connectivity index (χ0v) is 14.5. The molecule has 0 N–H and O–H groups in total. The average molecular weight is 323 g/mol. The summed E-state index contributed by atoms with van der Waals surface area (Å²) in [4.78, 5) is 16.7. The molecule has 0 spiro atoms. The first-order valence-corrected chi connectivity index (χ1v) is 8.05. The molecule has 24 heavy (non-hydrogen) atoms. The van der Waals surface area contributed by atoms with Gasteiger partial charge in [-0.15, -0.1) is 0 Å². The van der Waals surface area contributed by atoms with Gasteiger partial charge in [0.1, 0.15) is 11.5 Å². The zero-order chi connectivity index (χ0) is 17.3. The number of fused-ring (bicyclic) bond motifs is 1. The molecule has 124 valence electrons. The van der Waals surface area contributed by atoms with Gasteiger partial charge in [-0.05, 0) is 44.2 Å². The number of carbonyl (C=O) groups is 1. The van der Waals surface area contributed by atoms with Gasteiger partial charge < -0.3 is 4.74 Å². The number of aryl methyl sites for hydroxylation is 2. The van der Waals surface area contributed by atoms with Crippen molar-refractivity contribution in [1.82, 2.24) is 14.6 Å². The predicted molar refractivity (Wildman–Crippen MR) is 93.5 cm³/mol. The Kier molecular flexibility index (Phi) is 4.34. The van der Waals surface area contributed by atoms with Crippen molar-refractivity contribution in [2.75, 3.05) is 7.11 Å². The number of nitrogens with zero attached hydrogens (tertiary/aromatic N) is 3. The van der Waals surface area contributed by atoms with Crippen molar-refractivity contribution in [3.63, 3.8) is 0 Å². The normalized spacial score (nSPS) is 11.0. The molecule has 5 nitrogen and oxygen atoms in total. The summed E-state index contributed by atoms with van der Waals surface area (Å²) >= 11 is 0. The van der Waals surface area contributed by atoms with Crippen LogP contribution in [0.5, 0.6) is 5.75 Å². The lowest BCUT2D eigenvalue weighted by Gasteiger charge is -2.04. The maximum Gasteiger partial charge on any atom is 0.159 e. The van der Waals surface area contributed by atoms with Crippen LogP contribution in [0.25, 0.3) is 16.9 Å². The molecule has 0 aliphatic carbocycles. The molecule has 0 atom stereocenters. The maximum atomic E-state index is 12.1. The van der Waals surface area contributed by atoms with Crippen molar-refractivity contribution >= 4 is 11.4 Å². The fourth-order valence-corrected chi connectivity index (χ4v) is 2.83. The molecule has 0 fully saturated rings. The SMILES string of the molecule is CCC(=O)Cc1c(-c2ccc(OC)cc2)nn2c(C)cc(C)nc12. The molecule has 2 heterocycles. The van der Waals surface area contributed by atoms with Crippen LogP contribution in [0.3, 0.4) is 0 Å². The molecule has 0 saturated heterocycles. The average Bonchev–Trinajstić information content (AvgIpc) is 2.93. The first-order valence-electron chi connectivity index (χ1n) is 8.05. The summed E-state index contributed by atoms with van der Waals surface area (Å²) in [5, 5.41) is 4.73. The summed E-state index contributed by atoms with van der Waals surface area (Å²) in [6.07, 6.45) is 0.849. The van der Waals surface area contributed by atoms with Crippen molar-refractivity contribution in [3.8, 4) is 17.0 Å². The van der Waals surface area contributed by atoms with Gasteiger partial charge in [0.15, 0.2) is 5.65 Å². The van der Waals surface area contributed by atoms with Crippen molar-refractivity contribution in [3.05, 3.63) is 47.3 Å². The van der Waals surface area contributed by atoms with Crippen LogP contribution in [0, 0.1) is 13.8 Å². The molecule has 1 aromatic carbocycles. The van der Waals surface area contributed by atoms with E-state index in [2.05, 4.69) is 4.98 Å². The number of benzene rings is 1. The standard InChI is InChI=1S/C19H21N3O2/c1-5-15(23)11-17-18(14-6-8-16(24-4)9-7-14)21-22-13(3)10-12(2)20-19(17)22/h6-10H,5,11H2,1-4H3. The quantitative estimate of drug-likeness (QED) is 0.720. The number of rotatable bonds is 5. The molecular formula is C19H21N3O2. The van der Waals surface area contributed by atoms with Gasteiger partial charge in [-0.2, -0.15) is 5.10 Å². The monoisotopic (exact) mass is 323 g/mol. The molecule has 0 bridgehead atoms. The van der Waals surface area contributed by atoms with Crippen LogP contribution in [0.1, 0.15) is 30.3 Å². The summed E-state index contributed by atoms with van der Waals surface area (Å²) in [6.45, 7) is 5.83. The zero-order valence-electron chi connectivity index (χ0n) is 14.5. The van der Waals surface area contributed by atoms with Gasteiger partial charge in [0, 0.05) is 35.4 Å². The molecular weight excluding hydrogens is 302 g/mol. The second-order valence-corrected chi connectivity index (χ2v) is 5.90. The van der Waals surface area contributed by atoms with Gasteiger partial charge in [0.05, 0.1) is 12.8 Å². The maximum absolute atomic E-state index is 12.1. The van der Waals surface area contributed by atoms with Crippen molar-refractivity contribution in [1.29, 1.82) is 0 Å². The van der Waals surface area contributed by atoms with Crippen molar-refractivity contribution in [2.24, 2.45) is 0 Å². The third-order valence-electron chi connectivity index (χ3n) is 4.12. The minimum Gasteiger partial charge on any atom is -0.497 e. The number of hydrogen-bond donors (Lipinski definition) is 0. The van der Waals surface area contributed by atoms with Crippen molar-refractivity contribution < 1.29 is 9.53 Å². The Morgan fingerprint density at radius 1 is 1.21 bits per heavy atom. The van der Waals surface area contributed by atoms with Gasteiger partial charge in [-0.1, -0.05) is 6.92 Å². The lowest BCUT2D eigenvalue weighted by Crippen LogP contribution is -2.03. The van der Waals surface area contributed by atoms with E-state index in [1.807, 2.05) is 55.6 Å². The Labute approximate surface area is 141 Å². The van der Waals surface area contributed by atoms with E-state index >= 15 is 0 Å². The first kappa shape index (κ1) is 16.2. The number of ketones is 1. The summed E-state index contributed by atoms with van der Waals surface area (Å²) < 4.78 is 7.04. The van der Waals surface area contributed by atoms with E-state index in [4.69, 9.17) is 9.84 Å². The summed E-state index contributed by atoms with van der Waals surface area (Å²) in [5.41, 5.74) is 5.34. The highest BCUT2D eigenvalue weighted by atomic mass is 16.5. The molecule has 0 unspecified atom stereocenters. The highest BCUT2D eigenvalue weighted by Gasteiger charge is 2.19. The van der Waals surface area contributed by atoms with Gasteiger partial charge in [-0.25, -0.2) is 9.50 Å². The van der Waals surface area contributed by atoms with Crippen LogP contribution < -0.4 is 4.74 Å². The van der Waals surface area contributed by atoms with Gasteiger partial charge in [-0.3, -0.25) is 4.79 Å². The fourth-order valence-electron chi connectivity index (χ4n) is 2.83. The lowest BCUT2D eigenvalue weighted by atomic mass is 10.0. The second kappa shape index (κ2) is 6.43. The highest BCUT2D eigenvalue weighted by Crippen LogP contribution is 2.28. The van der Waals surface area contributed by atoms with Crippen LogP contribution in [-0.4, -0.2) is 27.5 Å². The minimum atomic E-state index is 0.181. The van der Waals surface area contributed by atoms with Crippen LogP contribution >= 0.6 is 0 Å². The Morgan fingerprint density at radius 2 is 1.92 bits per heavy atom. The molecule has 3 aromatic rings. The molecule has 5 heteroatoms. The highest BCUT2D eigenvalue weighted by molar-refractivity contribution is 5.86. The number of hydrogen-bond acceptors (Lipinski definition) is 4. The van der Waals surface area contributed by atoms with E-state index in [1.165, 1.54) is 0 Å². The van der Waals surface area contributed by atoms with Crippen LogP contribution in [-0.2, 0) is 11.2 Å². The van der Waals surface area contributed by atoms with E-state index < -0.39 is 0 Å². The number of ether oxygens (including phenoxy) is 1. The smallest absolute Gasteiger partial charge is 0.159 e. The molecule has 0 amide bonds. The van der Waals surface area contributed by atoms with Crippen LogP contribution in [0.15, 0.2) is 30.3 Å². The fraction of sp³-hybridized carbons (Fsp3) is 0.316. The number of methoxy groups -OCH3 is 1. The van der Waals surface area contributed by atoms with Crippen LogP contribution in [0.4, 0.5) is 0 Å². The third-order valence-corrected chi connectivity index (χ3v) is 4.12. The lowest BCUT2D eigenvalue weighted by molar-refractivity contribution is -0.118. The summed E-state index contributed by atoms with van der Waals surface area (Å²) in [7, 11) is 1.64. The molecule has 0 aliphatic heterocycles. The largest absolute Gasteiger partial charge is 0.497 e.